The Hall–Kier alpha value is -2.11. The fraction of sp³-hybridized carbons (Fsp3) is 0.500. The summed E-state index contributed by atoms with van der Waals surface area (Å²) in [5, 5.41) is 0. The zero-order valence-corrected chi connectivity index (χ0v) is 12.4. The Kier molecular flexibility index (Phi) is 3.76. The van der Waals surface area contributed by atoms with Gasteiger partial charge in [-0.15, -0.1) is 0 Å². The van der Waals surface area contributed by atoms with Crippen molar-refractivity contribution in [1.29, 1.82) is 0 Å². The fourth-order valence-corrected chi connectivity index (χ4v) is 3.21. The van der Waals surface area contributed by atoms with Crippen LogP contribution >= 0.6 is 0 Å². The zero-order chi connectivity index (χ0) is 15.7. The summed E-state index contributed by atoms with van der Waals surface area (Å²) in [6.45, 7) is 0.969. The number of carbonyl (C=O) groups is 2. The van der Waals surface area contributed by atoms with Gasteiger partial charge in [0, 0.05) is 18.5 Å². The molecule has 0 radical (unpaired) electrons. The van der Waals surface area contributed by atoms with Crippen LogP contribution in [0.4, 0.5) is 4.39 Å². The molecule has 1 spiro atoms. The largest absolute Gasteiger partial charge is 0.494 e. The van der Waals surface area contributed by atoms with Crippen LogP contribution in [0.1, 0.15) is 36.0 Å². The SMILES string of the molecule is COc1ccc(C(=O)N2CCC[C@]3(CCC(=O)O3)C2)cc1F. The minimum atomic E-state index is -0.563. The highest BCUT2D eigenvalue weighted by Gasteiger charge is 2.44. The molecule has 1 amide bonds. The Balaban J connectivity index is 1.77. The van der Waals surface area contributed by atoms with Gasteiger partial charge in [0.05, 0.1) is 13.7 Å². The van der Waals surface area contributed by atoms with E-state index in [0.717, 1.165) is 12.8 Å². The Bertz CT molecular complexity index is 618. The highest BCUT2D eigenvalue weighted by Crippen LogP contribution is 2.35. The third-order valence-corrected chi connectivity index (χ3v) is 4.34. The summed E-state index contributed by atoms with van der Waals surface area (Å²) in [6.07, 6.45) is 2.60. The number of likely N-dealkylation sites (tertiary alicyclic amines) is 1. The molecular formula is C16H18FNO4. The average Bonchev–Trinajstić information content (AvgIpc) is 2.86. The number of benzene rings is 1. The van der Waals surface area contributed by atoms with Crippen molar-refractivity contribution in [3.05, 3.63) is 29.6 Å². The van der Waals surface area contributed by atoms with E-state index in [2.05, 4.69) is 0 Å². The van der Waals surface area contributed by atoms with E-state index in [1.54, 1.807) is 11.0 Å². The van der Waals surface area contributed by atoms with Gasteiger partial charge < -0.3 is 14.4 Å². The van der Waals surface area contributed by atoms with Crippen LogP contribution in [0.25, 0.3) is 0 Å². The third kappa shape index (κ3) is 2.65. The molecule has 0 aliphatic carbocycles. The molecule has 6 heteroatoms. The predicted octanol–water partition coefficient (Wildman–Crippen LogP) is 2.15. The summed E-state index contributed by atoms with van der Waals surface area (Å²) >= 11 is 0. The van der Waals surface area contributed by atoms with Gasteiger partial charge in [-0.25, -0.2) is 4.39 Å². The second kappa shape index (κ2) is 5.59. The Morgan fingerprint density at radius 3 is 2.86 bits per heavy atom. The second-order valence-corrected chi connectivity index (χ2v) is 5.84. The number of carbonyl (C=O) groups excluding carboxylic acids is 2. The minimum absolute atomic E-state index is 0.108. The van der Waals surface area contributed by atoms with E-state index in [1.165, 1.54) is 19.2 Å². The Morgan fingerprint density at radius 2 is 2.23 bits per heavy atom. The van der Waals surface area contributed by atoms with E-state index in [4.69, 9.17) is 9.47 Å². The number of esters is 1. The first-order chi connectivity index (χ1) is 10.5. The first-order valence-corrected chi connectivity index (χ1v) is 7.38. The normalized spacial score (nSPS) is 24.5. The van der Waals surface area contributed by atoms with Gasteiger partial charge in [-0.3, -0.25) is 9.59 Å². The third-order valence-electron chi connectivity index (χ3n) is 4.34. The molecular weight excluding hydrogens is 289 g/mol. The lowest BCUT2D eigenvalue weighted by Gasteiger charge is -2.39. The summed E-state index contributed by atoms with van der Waals surface area (Å²) in [4.78, 5) is 25.6. The van der Waals surface area contributed by atoms with E-state index in [-0.39, 0.29) is 23.2 Å². The smallest absolute Gasteiger partial charge is 0.306 e. The molecule has 0 saturated carbocycles. The summed E-state index contributed by atoms with van der Waals surface area (Å²) in [7, 11) is 1.38. The quantitative estimate of drug-likeness (QED) is 0.786. The first kappa shape index (κ1) is 14.8. The van der Waals surface area contributed by atoms with Crippen LogP contribution in [0.15, 0.2) is 18.2 Å². The van der Waals surface area contributed by atoms with Gasteiger partial charge in [-0.05, 0) is 37.5 Å². The van der Waals surface area contributed by atoms with Crippen LogP contribution in [0.3, 0.4) is 0 Å². The number of ether oxygens (including phenoxy) is 2. The lowest BCUT2D eigenvalue weighted by molar-refractivity contribution is -0.151. The van der Waals surface area contributed by atoms with Crippen molar-refractivity contribution < 1.29 is 23.5 Å². The Labute approximate surface area is 128 Å². The molecule has 2 aliphatic rings. The van der Waals surface area contributed by atoms with Crippen molar-refractivity contribution in [2.45, 2.75) is 31.3 Å². The average molecular weight is 307 g/mol. The van der Waals surface area contributed by atoms with Crippen molar-refractivity contribution in [3.63, 3.8) is 0 Å². The standard InChI is InChI=1S/C16H18FNO4/c1-21-13-4-3-11(9-12(13)17)15(20)18-8-2-6-16(10-18)7-5-14(19)22-16/h3-4,9H,2,5-8,10H2,1H3/t16-/m0/s1. The molecule has 0 aromatic heterocycles. The van der Waals surface area contributed by atoms with Crippen molar-refractivity contribution in [1.82, 2.24) is 4.90 Å². The summed E-state index contributed by atoms with van der Waals surface area (Å²) in [5.74, 6) is -0.905. The summed E-state index contributed by atoms with van der Waals surface area (Å²) in [5.41, 5.74) is -0.268. The molecule has 22 heavy (non-hydrogen) atoms. The van der Waals surface area contributed by atoms with E-state index in [9.17, 15) is 14.0 Å². The molecule has 2 heterocycles. The van der Waals surface area contributed by atoms with Crippen molar-refractivity contribution in [3.8, 4) is 5.75 Å². The number of halogens is 1. The molecule has 2 aliphatic heterocycles. The van der Waals surface area contributed by atoms with E-state index >= 15 is 0 Å². The molecule has 5 nitrogen and oxygen atoms in total. The monoisotopic (exact) mass is 307 g/mol. The van der Waals surface area contributed by atoms with Crippen LogP contribution in [-0.4, -0.2) is 42.6 Å². The van der Waals surface area contributed by atoms with Crippen molar-refractivity contribution >= 4 is 11.9 Å². The number of hydrogen-bond donors (Lipinski definition) is 0. The molecule has 0 bridgehead atoms. The van der Waals surface area contributed by atoms with Gasteiger partial charge in [0.1, 0.15) is 5.60 Å². The van der Waals surface area contributed by atoms with Gasteiger partial charge in [-0.2, -0.15) is 0 Å². The molecule has 2 fully saturated rings. The molecule has 1 aromatic rings. The van der Waals surface area contributed by atoms with Crippen LogP contribution < -0.4 is 4.74 Å². The van der Waals surface area contributed by atoms with Gasteiger partial charge in [0.15, 0.2) is 11.6 Å². The maximum absolute atomic E-state index is 13.8. The molecule has 1 aromatic carbocycles. The molecule has 0 unspecified atom stereocenters. The van der Waals surface area contributed by atoms with Crippen molar-refractivity contribution in [2.75, 3.05) is 20.2 Å². The first-order valence-electron chi connectivity index (χ1n) is 7.38. The van der Waals surface area contributed by atoms with Crippen LogP contribution in [0, 0.1) is 5.82 Å². The molecule has 118 valence electrons. The van der Waals surface area contributed by atoms with E-state index < -0.39 is 11.4 Å². The van der Waals surface area contributed by atoms with Crippen molar-refractivity contribution in [2.24, 2.45) is 0 Å². The number of methoxy groups -OCH3 is 1. The van der Waals surface area contributed by atoms with Gasteiger partial charge in [0.2, 0.25) is 0 Å². The van der Waals surface area contributed by atoms with E-state index in [1.807, 2.05) is 0 Å². The highest BCUT2D eigenvalue weighted by molar-refractivity contribution is 5.94. The lowest BCUT2D eigenvalue weighted by atomic mass is 9.89. The number of hydrogen-bond acceptors (Lipinski definition) is 4. The number of piperidine rings is 1. The predicted molar refractivity (Wildman–Crippen MR) is 76.1 cm³/mol. The maximum Gasteiger partial charge on any atom is 0.306 e. The van der Waals surface area contributed by atoms with Crippen LogP contribution in [-0.2, 0) is 9.53 Å². The second-order valence-electron chi connectivity index (χ2n) is 5.84. The van der Waals surface area contributed by atoms with E-state index in [0.29, 0.717) is 25.9 Å². The molecule has 2 saturated heterocycles. The molecule has 0 N–H and O–H groups in total. The van der Waals surface area contributed by atoms with Gasteiger partial charge in [-0.1, -0.05) is 0 Å². The molecule has 1 atom stereocenters. The van der Waals surface area contributed by atoms with Crippen LogP contribution in [0.2, 0.25) is 0 Å². The highest BCUT2D eigenvalue weighted by atomic mass is 19.1. The summed E-state index contributed by atoms with van der Waals surface area (Å²) in [6, 6.07) is 4.17. The summed E-state index contributed by atoms with van der Waals surface area (Å²) < 4.78 is 24.1. The lowest BCUT2D eigenvalue weighted by Crippen LogP contribution is -2.50. The van der Waals surface area contributed by atoms with Crippen LogP contribution in [0.5, 0.6) is 5.75 Å². The Morgan fingerprint density at radius 1 is 1.41 bits per heavy atom. The molecule has 3 rings (SSSR count). The number of nitrogens with zero attached hydrogens (tertiary/aromatic N) is 1. The number of amides is 1. The topological polar surface area (TPSA) is 55.8 Å². The zero-order valence-electron chi connectivity index (χ0n) is 12.4. The van der Waals surface area contributed by atoms with Gasteiger partial charge in [0.25, 0.3) is 5.91 Å². The fourth-order valence-electron chi connectivity index (χ4n) is 3.21. The number of rotatable bonds is 2. The van der Waals surface area contributed by atoms with Gasteiger partial charge >= 0.3 is 5.97 Å². The maximum atomic E-state index is 13.8. The minimum Gasteiger partial charge on any atom is -0.494 e.